The third-order valence-electron chi connectivity index (χ3n) is 3.39. The fourth-order valence-electron chi connectivity index (χ4n) is 2.19. The van der Waals surface area contributed by atoms with Gasteiger partial charge < -0.3 is 15.4 Å². The fourth-order valence-corrected chi connectivity index (χ4v) is 2.39. The zero-order chi connectivity index (χ0) is 17.2. The molecular weight excluding hydrogens is 330 g/mol. The van der Waals surface area contributed by atoms with Gasteiger partial charge in [0.05, 0.1) is 0 Å². The molecule has 24 heavy (non-hydrogen) atoms. The Morgan fingerprint density at radius 2 is 1.42 bits per heavy atom. The number of ether oxygens (including phenoxy) is 1. The molecule has 2 N–H and O–H groups in total. The van der Waals surface area contributed by atoms with E-state index in [1.807, 2.05) is 18.2 Å². The van der Waals surface area contributed by atoms with Crippen LogP contribution in [0.15, 0.2) is 54.6 Å². The maximum atomic E-state index is 12.1. The Balaban J connectivity index is 1.62. The van der Waals surface area contributed by atoms with Crippen LogP contribution in [0.1, 0.15) is 11.1 Å². The van der Waals surface area contributed by atoms with E-state index in [1.165, 1.54) is 17.7 Å². The van der Waals surface area contributed by atoms with Crippen LogP contribution in [0, 0.1) is 0 Å². The van der Waals surface area contributed by atoms with Crippen LogP contribution in [0.25, 0.3) is 0 Å². The summed E-state index contributed by atoms with van der Waals surface area (Å²) in [5, 5.41) is 6.91. The molecule has 0 heterocycles. The summed E-state index contributed by atoms with van der Waals surface area (Å²) in [5.41, 5.74) is 2.29. The van der Waals surface area contributed by atoms with Crippen molar-refractivity contribution >= 4 is 17.3 Å². The third-order valence-corrected chi connectivity index (χ3v) is 3.68. The Labute approximate surface area is 146 Å². The highest BCUT2D eigenvalue weighted by Crippen LogP contribution is 2.14. The predicted molar refractivity (Wildman–Crippen MR) is 95.5 cm³/mol. The molecule has 0 saturated carbocycles. The first-order valence-corrected chi connectivity index (χ1v) is 8.13. The molecule has 2 aromatic carbocycles. The third kappa shape index (κ3) is 6.91. The van der Waals surface area contributed by atoms with Crippen LogP contribution in [0.3, 0.4) is 0 Å². The molecule has 2 rings (SSSR count). The number of benzene rings is 2. The Hall–Kier alpha value is -2.21. The number of alkyl halides is 2. The Kier molecular flexibility index (Phi) is 7.42. The summed E-state index contributed by atoms with van der Waals surface area (Å²) in [4.78, 5) is 0. The molecule has 0 spiro atoms. The van der Waals surface area contributed by atoms with Crippen molar-refractivity contribution in [1.29, 1.82) is 0 Å². The van der Waals surface area contributed by atoms with Crippen molar-refractivity contribution in [3.05, 3.63) is 65.7 Å². The van der Waals surface area contributed by atoms with Crippen LogP contribution >= 0.6 is 12.2 Å². The van der Waals surface area contributed by atoms with Crippen LogP contribution in [0.4, 0.5) is 8.78 Å². The fraction of sp³-hybridized carbons (Fsp3) is 0.278. The monoisotopic (exact) mass is 350 g/mol. The first-order chi connectivity index (χ1) is 11.6. The minimum Gasteiger partial charge on any atom is -0.435 e. The minimum absolute atomic E-state index is 0.166. The Morgan fingerprint density at radius 1 is 0.875 bits per heavy atom. The number of hydrogen-bond acceptors (Lipinski definition) is 2. The topological polar surface area (TPSA) is 33.3 Å². The lowest BCUT2D eigenvalue weighted by atomic mass is 10.1. The average Bonchev–Trinajstić information content (AvgIpc) is 2.57. The molecule has 2 aromatic rings. The lowest BCUT2D eigenvalue weighted by Crippen LogP contribution is -2.37. The molecule has 0 unspecified atom stereocenters. The molecule has 0 bridgehead atoms. The van der Waals surface area contributed by atoms with E-state index in [2.05, 4.69) is 27.5 Å². The maximum Gasteiger partial charge on any atom is 0.387 e. The second-order valence-electron chi connectivity index (χ2n) is 5.19. The van der Waals surface area contributed by atoms with E-state index in [9.17, 15) is 8.78 Å². The van der Waals surface area contributed by atoms with Gasteiger partial charge in [-0.3, -0.25) is 0 Å². The quantitative estimate of drug-likeness (QED) is 0.714. The van der Waals surface area contributed by atoms with Crippen molar-refractivity contribution in [3.8, 4) is 5.75 Å². The zero-order valence-corrected chi connectivity index (χ0v) is 14.0. The summed E-state index contributed by atoms with van der Waals surface area (Å²) in [7, 11) is 0. The summed E-state index contributed by atoms with van der Waals surface area (Å²) in [6, 6.07) is 16.8. The summed E-state index contributed by atoms with van der Waals surface area (Å²) in [5.74, 6) is 0.166. The van der Waals surface area contributed by atoms with Crippen LogP contribution in [-0.2, 0) is 12.8 Å². The molecule has 3 nitrogen and oxygen atoms in total. The lowest BCUT2D eigenvalue weighted by Gasteiger charge is -2.11. The second-order valence-corrected chi connectivity index (χ2v) is 5.60. The van der Waals surface area contributed by atoms with E-state index in [1.54, 1.807) is 12.1 Å². The number of thiocarbonyl (C=S) groups is 1. The molecule has 0 amide bonds. The van der Waals surface area contributed by atoms with E-state index in [-0.39, 0.29) is 5.75 Å². The molecule has 0 aromatic heterocycles. The van der Waals surface area contributed by atoms with Gasteiger partial charge in [-0.1, -0.05) is 42.5 Å². The highest BCUT2D eigenvalue weighted by molar-refractivity contribution is 7.80. The SMILES string of the molecule is FC(F)Oc1ccc(CCNC(=S)NCCc2ccccc2)cc1. The number of hydrogen-bond donors (Lipinski definition) is 2. The van der Waals surface area contributed by atoms with Crippen molar-refractivity contribution < 1.29 is 13.5 Å². The predicted octanol–water partition coefficient (Wildman–Crippen LogP) is 3.54. The standard InChI is InChI=1S/C18H20F2N2OS/c19-17(20)23-16-8-6-15(7-9-16)11-13-22-18(24)21-12-10-14-4-2-1-3-5-14/h1-9,17H,10-13H2,(H2,21,22,24). The first kappa shape index (κ1) is 18.1. The average molecular weight is 350 g/mol. The summed E-state index contributed by atoms with van der Waals surface area (Å²) >= 11 is 5.23. The van der Waals surface area contributed by atoms with Gasteiger partial charge in [-0.2, -0.15) is 8.78 Å². The van der Waals surface area contributed by atoms with Gasteiger partial charge >= 0.3 is 6.61 Å². The van der Waals surface area contributed by atoms with Crippen molar-refractivity contribution in [2.24, 2.45) is 0 Å². The molecule has 0 atom stereocenters. The van der Waals surface area contributed by atoms with Gasteiger partial charge in [-0.25, -0.2) is 0 Å². The van der Waals surface area contributed by atoms with Gasteiger partial charge in [-0.05, 0) is 48.3 Å². The van der Waals surface area contributed by atoms with Gasteiger partial charge in [-0.15, -0.1) is 0 Å². The van der Waals surface area contributed by atoms with Gasteiger partial charge in [0.15, 0.2) is 5.11 Å². The van der Waals surface area contributed by atoms with Crippen LogP contribution in [0.2, 0.25) is 0 Å². The number of nitrogens with one attached hydrogen (secondary N) is 2. The highest BCUT2D eigenvalue weighted by Gasteiger charge is 2.03. The molecule has 0 radical (unpaired) electrons. The van der Waals surface area contributed by atoms with Crippen LogP contribution in [0.5, 0.6) is 5.75 Å². The van der Waals surface area contributed by atoms with Crippen LogP contribution < -0.4 is 15.4 Å². The molecular formula is C18H20F2N2OS. The van der Waals surface area contributed by atoms with E-state index < -0.39 is 6.61 Å². The molecule has 0 aliphatic heterocycles. The lowest BCUT2D eigenvalue weighted by molar-refractivity contribution is -0.0498. The summed E-state index contributed by atoms with van der Waals surface area (Å²) in [6.45, 7) is -1.35. The number of halogens is 2. The molecule has 0 aliphatic carbocycles. The normalized spacial score (nSPS) is 10.5. The largest absolute Gasteiger partial charge is 0.435 e. The summed E-state index contributed by atoms with van der Waals surface area (Å²) < 4.78 is 28.5. The van der Waals surface area contributed by atoms with Crippen molar-refractivity contribution in [1.82, 2.24) is 10.6 Å². The molecule has 0 fully saturated rings. The first-order valence-electron chi connectivity index (χ1n) is 7.73. The van der Waals surface area contributed by atoms with Crippen molar-refractivity contribution in [2.45, 2.75) is 19.5 Å². The minimum atomic E-state index is -2.79. The van der Waals surface area contributed by atoms with Gasteiger partial charge in [0.2, 0.25) is 0 Å². The van der Waals surface area contributed by atoms with Gasteiger partial charge in [0.25, 0.3) is 0 Å². The molecule has 128 valence electrons. The van der Waals surface area contributed by atoms with Crippen molar-refractivity contribution in [3.63, 3.8) is 0 Å². The second kappa shape index (κ2) is 9.82. The molecule has 6 heteroatoms. The summed E-state index contributed by atoms with van der Waals surface area (Å²) in [6.07, 6.45) is 1.66. The Bertz CT molecular complexity index is 621. The maximum absolute atomic E-state index is 12.1. The van der Waals surface area contributed by atoms with Crippen LogP contribution in [-0.4, -0.2) is 24.8 Å². The van der Waals surface area contributed by atoms with Crippen molar-refractivity contribution in [2.75, 3.05) is 13.1 Å². The van der Waals surface area contributed by atoms with E-state index in [0.29, 0.717) is 11.7 Å². The smallest absolute Gasteiger partial charge is 0.387 e. The van der Waals surface area contributed by atoms with Gasteiger partial charge in [0.1, 0.15) is 5.75 Å². The number of rotatable bonds is 8. The van der Waals surface area contributed by atoms with E-state index >= 15 is 0 Å². The highest BCUT2D eigenvalue weighted by atomic mass is 32.1. The zero-order valence-electron chi connectivity index (χ0n) is 13.2. The van der Waals surface area contributed by atoms with Gasteiger partial charge in [0, 0.05) is 13.1 Å². The van der Waals surface area contributed by atoms with E-state index in [4.69, 9.17) is 12.2 Å². The Morgan fingerprint density at radius 3 is 1.96 bits per heavy atom. The molecule has 0 saturated heterocycles. The van der Waals surface area contributed by atoms with E-state index in [0.717, 1.165) is 24.9 Å². The molecule has 0 aliphatic rings.